The Balaban J connectivity index is 3.00. The summed E-state index contributed by atoms with van der Waals surface area (Å²) in [6.45, 7) is 5.99. The summed E-state index contributed by atoms with van der Waals surface area (Å²) >= 11 is 0. The lowest BCUT2D eigenvalue weighted by Gasteiger charge is -2.20. The van der Waals surface area contributed by atoms with Gasteiger partial charge < -0.3 is 5.32 Å². The number of para-hydroxylation sites is 1. The summed E-state index contributed by atoms with van der Waals surface area (Å²) in [5, 5.41) is 2.90. The maximum atomic E-state index is 12.3. The van der Waals surface area contributed by atoms with Gasteiger partial charge in [-0.25, -0.2) is 13.1 Å². The van der Waals surface area contributed by atoms with E-state index in [0.717, 1.165) is 6.42 Å². The molecule has 0 amide bonds. The Morgan fingerprint density at radius 1 is 1.22 bits per heavy atom. The largest absolute Gasteiger partial charge is 0.387 e. The summed E-state index contributed by atoms with van der Waals surface area (Å²) in [5.74, 6) is 0.307. The summed E-state index contributed by atoms with van der Waals surface area (Å²) in [6.07, 6.45) is 0.942. The predicted molar refractivity (Wildman–Crippen MR) is 75.2 cm³/mol. The molecule has 0 fully saturated rings. The summed E-state index contributed by atoms with van der Waals surface area (Å²) in [5.41, 5.74) is 0.612. The van der Waals surface area contributed by atoms with Crippen LogP contribution < -0.4 is 10.0 Å². The second-order valence-corrected chi connectivity index (χ2v) is 6.22. The highest BCUT2D eigenvalue weighted by Crippen LogP contribution is 2.21. The number of nitrogens with one attached hydrogen (secondary N) is 2. The number of hydrogen-bond donors (Lipinski definition) is 2. The van der Waals surface area contributed by atoms with Gasteiger partial charge in [0.1, 0.15) is 4.90 Å². The molecule has 18 heavy (non-hydrogen) atoms. The van der Waals surface area contributed by atoms with Crippen LogP contribution in [-0.2, 0) is 10.0 Å². The van der Waals surface area contributed by atoms with Gasteiger partial charge >= 0.3 is 0 Å². The maximum Gasteiger partial charge on any atom is 0.242 e. The molecule has 0 saturated heterocycles. The van der Waals surface area contributed by atoms with E-state index in [1.807, 2.05) is 19.9 Å². The molecule has 4 nitrogen and oxygen atoms in total. The average Bonchev–Trinajstić information content (AvgIpc) is 2.37. The molecule has 0 saturated carbocycles. The topological polar surface area (TPSA) is 58.2 Å². The van der Waals surface area contributed by atoms with Crippen molar-refractivity contribution >= 4 is 15.7 Å². The third-order valence-electron chi connectivity index (χ3n) is 3.28. The molecule has 0 radical (unpaired) electrons. The van der Waals surface area contributed by atoms with E-state index in [-0.39, 0.29) is 6.04 Å². The molecular formula is C13H22N2O2S. The molecule has 0 aromatic heterocycles. The van der Waals surface area contributed by atoms with E-state index in [4.69, 9.17) is 0 Å². The zero-order valence-corrected chi connectivity index (χ0v) is 12.2. The van der Waals surface area contributed by atoms with Crippen molar-refractivity contribution < 1.29 is 8.42 Å². The van der Waals surface area contributed by atoms with Crippen LogP contribution in [0.15, 0.2) is 29.2 Å². The molecule has 0 aliphatic heterocycles. The molecule has 0 bridgehead atoms. The minimum atomic E-state index is -3.47. The summed E-state index contributed by atoms with van der Waals surface area (Å²) in [6, 6.07) is 6.82. The fourth-order valence-corrected chi connectivity index (χ4v) is 3.25. The Hall–Kier alpha value is -1.07. The molecule has 2 unspecified atom stereocenters. The molecule has 2 N–H and O–H groups in total. The van der Waals surface area contributed by atoms with Gasteiger partial charge in [-0.1, -0.05) is 32.4 Å². The third-order valence-corrected chi connectivity index (χ3v) is 4.90. The molecule has 5 heteroatoms. The van der Waals surface area contributed by atoms with E-state index in [9.17, 15) is 8.42 Å². The molecule has 2 atom stereocenters. The van der Waals surface area contributed by atoms with Crippen molar-refractivity contribution in [3.63, 3.8) is 0 Å². The molecule has 0 aliphatic rings. The van der Waals surface area contributed by atoms with Gasteiger partial charge in [-0.2, -0.15) is 0 Å². The van der Waals surface area contributed by atoms with E-state index in [2.05, 4.69) is 17.0 Å². The number of anilines is 1. The van der Waals surface area contributed by atoms with Crippen molar-refractivity contribution in [2.75, 3.05) is 12.4 Å². The SMILES string of the molecule is CCC(C)C(C)NS(=O)(=O)c1ccccc1NC. The van der Waals surface area contributed by atoms with Crippen LogP contribution in [0.1, 0.15) is 27.2 Å². The van der Waals surface area contributed by atoms with E-state index < -0.39 is 10.0 Å². The lowest BCUT2D eigenvalue weighted by Crippen LogP contribution is -2.37. The second-order valence-electron chi connectivity index (χ2n) is 4.54. The van der Waals surface area contributed by atoms with Gasteiger partial charge in [0.25, 0.3) is 0 Å². The van der Waals surface area contributed by atoms with Crippen molar-refractivity contribution in [3.8, 4) is 0 Å². The number of rotatable bonds is 6. The fraction of sp³-hybridized carbons (Fsp3) is 0.538. The molecular weight excluding hydrogens is 248 g/mol. The first kappa shape index (κ1) is 15.0. The van der Waals surface area contributed by atoms with Crippen LogP contribution in [0.25, 0.3) is 0 Å². The van der Waals surface area contributed by atoms with Crippen molar-refractivity contribution in [1.82, 2.24) is 4.72 Å². The maximum absolute atomic E-state index is 12.3. The second kappa shape index (κ2) is 6.20. The lowest BCUT2D eigenvalue weighted by molar-refractivity contribution is 0.434. The smallest absolute Gasteiger partial charge is 0.242 e. The van der Waals surface area contributed by atoms with Gasteiger partial charge in [-0.15, -0.1) is 0 Å². The van der Waals surface area contributed by atoms with Crippen LogP contribution in [0.4, 0.5) is 5.69 Å². The van der Waals surface area contributed by atoms with E-state index in [1.165, 1.54) is 0 Å². The zero-order chi connectivity index (χ0) is 13.8. The van der Waals surface area contributed by atoms with Crippen LogP contribution in [0, 0.1) is 5.92 Å². The van der Waals surface area contributed by atoms with E-state index in [1.54, 1.807) is 25.2 Å². The van der Waals surface area contributed by atoms with E-state index >= 15 is 0 Å². The highest BCUT2D eigenvalue weighted by Gasteiger charge is 2.22. The molecule has 0 aliphatic carbocycles. The summed E-state index contributed by atoms with van der Waals surface area (Å²) < 4.78 is 27.3. The first-order chi connectivity index (χ1) is 8.42. The average molecular weight is 270 g/mol. The Labute approximate surface area is 110 Å². The first-order valence-corrected chi connectivity index (χ1v) is 7.69. The highest BCUT2D eigenvalue weighted by atomic mass is 32.2. The lowest BCUT2D eigenvalue weighted by atomic mass is 10.0. The minimum absolute atomic E-state index is 0.0788. The molecule has 1 aromatic carbocycles. The van der Waals surface area contributed by atoms with Gasteiger partial charge in [0.05, 0.1) is 5.69 Å². The number of benzene rings is 1. The summed E-state index contributed by atoms with van der Waals surface area (Å²) in [4.78, 5) is 0.294. The quantitative estimate of drug-likeness (QED) is 0.834. The van der Waals surface area contributed by atoms with Crippen LogP contribution >= 0.6 is 0 Å². The van der Waals surface area contributed by atoms with Gasteiger partial charge in [0, 0.05) is 13.1 Å². The standard InChI is InChI=1S/C13H22N2O2S/c1-5-10(2)11(3)15-18(16,17)13-9-7-6-8-12(13)14-4/h6-11,14-15H,5H2,1-4H3. The Kier molecular flexibility index (Phi) is 5.16. The highest BCUT2D eigenvalue weighted by molar-refractivity contribution is 7.89. The zero-order valence-electron chi connectivity index (χ0n) is 11.4. The van der Waals surface area contributed by atoms with Crippen molar-refractivity contribution in [2.24, 2.45) is 5.92 Å². The third kappa shape index (κ3) is 3.46. The van der Waals surface area contributed by atoms with Crippen molar-refractivity contribution in [1.29, 1.82) is 0 Å². The van der Waals surface area contributed by atoms with Gasteiger partial charge in [0.15, 0.2) is 0 Å². The fourth-order valence-electron chi connectivity index (χ4n) is 1.69. The van der Waals surface area contributed by atoms with Gasteiger partial charge in [0.2, 0.25) is 10.0 Å². The predicted octanol–water partition coefficient (Wildman–Crippen LogP) is 2.44. The number of hydrogen-bond acceptors (Lipinski definition) is 3. The normalized spacial score (nSPS) is 15.1. The first-order valence-electron chi connectivity index (χ1n) is 6.21. The molecule has 1 aromatic rings. The van der Waals surface area contributed by atoms with Crippen molar-refractivity contribution in [3.05, 3.63) is 24.3 Å². The monoisotopic (exact) mass is 270 g/mol. The van der Waals surface area contributed by atoms with Gasteiger partial charge in [-0.3, -0.25) is 0 Å². The van der Waals surface area contributed by atoms with E-state index in [0.29, 0.717) is 16.5 Å². The minimum Gasteiger partial charge on any atom is -0.387 e. The van der Waals surface area contributed by atoms with Crippen LogP contribution in [0.3, 0.4) is 0 Å². The molecule has 102 valence electrons. The van der Waals surface area contributed by atoms with Gasteiger partial charge in [-0.05, 0) is 25.0 Å². The Bertz CT molecular complexity index is 486. The molecule has 0 heterocycles. The van der Waals surface area contributed by atoms with Crippen LogP contribution in [0.2, 0.25) is 0 Å². The van der Waals surface area contributed by atoms with Crippen molar-refractivity contribution in [2.45, 2.75) is 38.1 Å². The van der Waals surface area contributed by atoms with Crippen LogP contribution in [-0.4, -0.2) is 21.5 Å². The molecule has 1 rings (SSSR count). The Morgan fingerprint density at radius 3 is 2.39 bits per heavy atom. The number of sulfonamides is 1. The van der Waals surface area contributed by atoms with Crippen LogP contribution in [0.5, 0.6) is 0 Å². The Morgan fingerprint density at radius 2 is 1.83 bits per heavy atom. The molecule has 0 spiro atoms. The summed E-state index contributed by atoms with van der Waals surface area (Å²) in [7, 11) is -1.76.